The predicted octanol–water partition coefficient (Wildman–Crippen LogP) is 1.95. The zero-order valence-electron chi connectivity index (χ0n) is 15.6. The summed E-state index contributed by atoms with van der Waals surface area (Å²) in [5.41, 5.74) is 13.8. The van der Waals surface area contributed by atoms with Crippen molar-refractivity contribution in [1.82, 2.24) is 10.3 Å². The average molecular weight is 429 g/mol. The maximum atomic E-state index is 13.6. The van der Waals surface area contributed by atoms with Crippen LogP contribution in [0.4, 0.5) is 10.1 Å². The summed E-state index contributed by atoms with van der Waals surface area (Å²) < 4.78 is 13.6. The fourth-order valence-electron chi connectivity index (χ4n) is 3.67. The molecular formula is C20H18ClFN6O2. The van der Waals surface area contributed by atoms with Gasteiger partial charge in [-0.1, -0.05) is 29.8 Å². The van der Waals surface area contributed by atoms with Gasteiger partial charge in [-0.25, -0.2) is 9.38 Å². The molecule has 1 aliphatic carbocycles. The molecule has 7 N–H and O–H groups in total. The van der Waals surface area contributed by atoms with Gasteiger partial charge in [0.25, 0.3) is 0 Å². The maximum Gasteiger partial charge on any atom is 0.313 e. The van der Waals surface area contributed by atoms with Gasteiger partial charge >= 0.3 is 11.8 Å². The van der Waals surface area contributed by atoms with Crippen LogP contribution in [-0.4, -0.2) is 28.8 Å². The van der Waals surface area contributed by atoms with E-state index < -0.39 is 29.7 Å². The fourth-order valence-corrected chi connectivity index (χ4v) is 3.79. The zero-order chi connectivity index (χ0) is 21.4. The Morgan fingerprint density at radius 3 is 2.67 bits per heavy atom. The molecule has 2 atom stereocenters. The van der Waals surface area contributed by atoms with Gasteiger partial charge in [-0.05, 0) is 36.2 Å². The van der Waals surface area contributed by atoms with Gasteiger partial charge in [0.15, 0.2) is 5.96 Å². The topological polar surface area (TPSA) is 138 Å². The number of amides is 2. The molecule has 2 aromatic carbocycles. The van der Waals surface area contributed by atoms with Crippen molar-refractivity contribution in [3.8, 4) is 0 Å². The molecule has 0 unspecified atom stereocenters. The third-order valence-corrected chi connectivity index (χ3v) is 5.25. The van der Waals surface area contributed by atoms with Crippen molar-refractivity contribution in [2.24, 2.45) is 16.5 Å². The molecule has 154 valence electrons. The molecule has 0 spiro atoms. The molecule has 0 aliphatic heterocycles. The summed E-state index contributed by atoms with van der Waals surface area (Å²) in [4.78, 5) is 32.4. The second-order valence-electron chi connectivity index (χ2n) is 6.92. The van der Waals surface area contributed by atoms with Crippen molar-refractivity contribution < 1.29 is 14.0 Å². The Balaban J connectivity index is 1.58. The molecule has 0 radical (unpaired) electrons. The van der Waals surface area contributed by atoms with Gasteiger partial charge in [-0.3, -0.25) is 9.59 Å². The number of nitrogens with one attached hydrogen (secondary N) is 3. The van der Waals surface area contributed by atoms with Crippen LogP contribution in [-0.2, 0) is 16.0 Å². The van der Waals surface area contributed by atoms with E-state index in [9.17, 15) is 14.0 Å². The van der Waals surface area contributed by atoms with E-state index in [0.717, 1.165) is 28.2 Å². The van der Waals surface area contributed by atoms with Gasteiger partial charge in [-0.2, -0.15) is 0 Å². The molecule has 0 bridgehead atoms. The molecule has 1 aromatic heterocycles. The van der Waals surface area contributed by atoms with E-state index in [2.05, 4.69) is 20.6 Å². The first-order valence-electron chi connectivity index (χ1n) is 9.08. The molecule has 4 rings (SSSR count). The Hall–Kier alpha value is -3.59. The summed E-state index contributed by atoms with van der Waals surface area (Å²) in [5.74, 6) is -2.68. The van der Waals surface area contributed by atoms with E-state index in [1.807, 2.05) is 24.3 Å². The second kappa shape index (κ2) is 7.68. The number of hydrogen-bond donors (Lipinski definition) is 5. The second-order valence-corrected chi connectivity index (χ2v) is 7.33. The summed E-state index contributed by atoms with van der Waals surface area (Å²) in [6.45, 7) is 0. The number of hydrogen-bond acceptors (Lipinski definition) is 3. The molecular weight excluding hydrogens is 411 g/mol. The Labute approximate surface area is 175 Å². The Morgan fingerprint density at radius 1 is 1.17 bits per heavy atom. The standard InChI is InChI=1S/C20H18ClFN6O2/c21-12-6-5-9(7-13(12)22)25-18(29)19(30)28-17-15(27-20(23)24)8-11-10-3-1-2-4-14(10)26-16(11)17/h1-7,15,17,26H,8H2,(H,25,29)(H,28,30)(H4,23,24,27)/t15-,17+/m0/s1. The number of anilines is 1. The largest absolute Gasteiger partial charge is 0.370 e. The minimum atomic E-state index is -0.954. The molecule has 8 nitrogen and oxygen atoms in total. The number of aromatic nitrogens is 1. The molecule has 1 heterocycles. The molecule has 1 aliphatic rings. The smallest absolute Gasteiger partial charge is 0.313 e. The van der Waals surface area contributed by atoms with Crippen molar-refractivity contribution in [3.63, 3.8) is 0 Å². The van der Waals surface area contributed by atoms with Crippen molar-refractivity contribution in [2.75, 3.05) is 5.32 Å². The van der Waals surface area contributed by atoms with Crippen molar-refractivity contribution in [2.45, 2.75) is 18.5 Å². The Kier molecular flexibility index (Phi) is 5.04. The van der Waals surface area contributed by atoms with Crippen LogP contribution in [0, 0.1) is 5.82 Å². The van der Waals surface area contributed by atoms with Crippen LogP contribution in [0.5, 0.6) is 0 Å². The van der Waals surface area contributed by atoms with Crippen molar-refractivity contribution in [1.29, 1.82) is 0 Å². The Bertz CT molecular complexity index is 1190. The SMILES string of the molecule is NC(N)=N[C@H]1Cc2c([nH]c3ccccc23)[C@@H]1NC(=O)C(=O)Nc1ccc(Cl)c(F)c1. The molecule has 0 fully saturated rings. The molecule has 30 heavy (non-hydrogen) atoms. The van der Waals surface area contributed by atoms with Crippen LogP contribution in [0.15, 0.2) is 47.5 Å². The van der Waals surface area contributed by atoms with E-state index in [1.165, 1.54) is 12.1 Å². The molecule has 3 aromatic rings. The lowest BCUT2D eigenvalue weighted by Crippen LogP contribution is -2.41. The highest BCUT2D eigenvalue weighted by atomic mass is 35.5. The lowest BCUT2D eigenvalue weighted by atomic mass is 10.1. The molecule has 0 saturated carbocycles. The summed E-state index contributed by atoms with van der Waals surface area (Å²) >= 11 is 5.63. The number of guanidine groups is 1. The summed E-state index contributed by atoms with van der Waals surface area (Å²) in [6.07, 6.45) is 0.492. The number of para-hydroxylation sites is 1. The van der Waals surface area contributed by atoms with Gasteiger partial charge in [0.2, 0.25) is 0 Å². The predicted molar refractivity (Wildman–Crippen MR) is 113 cm³/mol. The van der Waals surface area contributed by atoms with Crippen LogP contribution in [0.2, 0.25) is 5.02 Å². The number of halogens is 2. The summed E-state index contributed by atoms with van der Waals surface area (Å²) in [6, 6.07) is 10.3. The first kappa shape index (κ1) is 19.7. The zero-order valence-corrected chi connectivity index (χ0v) is 16.3. The third-order valence-electron chi connectivity index (χ3n) is 4.94. The van der Waals surface area contributed by atoms with Crippen LogP contribution in [0.3, 0.4) is 0 Å². The van der Waals surface area contributed by atoms with Gasteiger partial charge in [-0.15, -0.1) is 0 Å². The average Bonchev–Trinajstić information content (AvgIpc) is 3.21. The van der Waals surface area contributed by atoms with E-state index in [1.54, 1.807) is 0 Å². The summed E-state index contributed by atoms with van der Waals surface area (Å²) in [5, 5.41) is 5.94. The number of carbonyl (C=O) groups excluding carboxylic acids is 2. The fraction of sp³-hybridized carbons (Fsp3) is 0.150. The van der Waals surface area contributed by atoms with E-state index in [4.69, 9.17) is 23.1 Å². The van der Waals surface area contributed by atoms with E-state index >= 15 is 0 Å². The van der Waals surface area contributed by atoms with Gasteiger partial charge in [0.1, 0.15) is 5.82 Å². The van der Waals surface area contributed by atoms with Crippen molar-refractivity contribution in [3.05, 3.63) is 64.6 Å². The van der Waals surface area contributed by atoms with Crippen LogP contribution < -0.4 is 22.1 Å². The van der Waals surface area contributed by atoms with Crippen LogP contribution >= 0.6 is 11.6 Å². The van der Waals surface area contributed by atoms with E-state index in [0.29, 0.717) is 6.42 Å². The van der Waals surface area contributed by atoms with Gasteiger partial charge in [0, 0.05) is 22.3 Å². The number of nitrogens with two attached hydrogens (primary N) is 2. The van der Waals surface area contributed by atoms with Crippen LogP contribution in [0.25, 0.3) is 10.9 Å². The highest BCUT2D eigenvalue weighted by Gasteiger charge is 2.37. The number of rotatable bonds is 3. The Morgan fingerprint density at radius 2 is 1.93 bits per heavy atom. The highest BCUT2D eigenvalue weighted by Crippen LogP contribution is 2.38. The van der Waals surface area contributed by atoms with Crippen molar-refractivity contribution >= 4 is 46.0 Å². The number of H-pyrrole nitrogens is 1. The third kappa shape index (κ3) is 3.67. The minimum Gasteiger partial charge on any atom is -0.370 e. The lowest BCUT2D eigenvalue weighted by molar-refractivity contribution is -0.136. The number of carbonyl (C=O) groups is 2. The minimum absolute atomic E-state index is 0.0881. The number of aromatic amines is 1. The van der Waals surface area contributed by atoms with E-state index in [-0.39, 0.29) is 16.7 Å². The molecule has 2 amide bonds. The normalized spacial score (nSPS) is 17.4. The number of fused-ring (bicyclic) bond motifs is 3. The van der Waals surface area contributed by atoms with Gasteiger partial charge < -0.3 is 27.1 Å². The van der Waals surface area contributed by atoms with Gasteiger partial charge in [0.05, 0.1) is 17.1 Å². The lowest BCUT2D eigenvalue weighted by Gasteiger charge is -2.18. The van der Waals surface area contributed by atoms with Crippen LogP contribution in [0.1, 0.15) is 17.3 Å². The molecule has 10 heteroatoms. The summed E-state index contributed by atoms with van der Waals surface area (Å²) in [7, 11) is 0. The highest BCUT2D eigenvalue weighted by molar-refractivity contribution is 6.39. The maximum absolute atomic E-state index is 13.6. The quantitative estimate of drug-likeness (QED) is 0.247. The first-order chi connectivity index (χ1) is 14.3. The number of benzene rings is 2. The first-order valence-corrected chi connectivity index (χ1v) is 9.46. The molecule has 0 saturated heterocycles. The monoisotopic (exact) mass is 428 g/mol. The number of aliphatic imine (C=N–C) groups is 1. The number of nitrogens with zero attached hydrogens (tertiary/aromatic N) is 1.